The lowest BCUT2D eigenvalue weighted by molar-refractivity contribution is -0.145. The van der Waals surface area contributed by atoms with E-state index >= 15 is 0 Å². The van der Waals surface area contributed by atoms with Crippen molar-refractivity contribution in [2.24, 2.45) is 92.7 Å². The second-order valence-electron chi connectivity index (χ2n) is 25.3. The zero-order chi connectivity index (χ0) is 47.3. The van der Waals surface area contributed by atoms with Gasteiger partial charge in [-0.25, -0.2) is 0 Å². The van der Waals surface area contributed by atoms with Crippen LogP contribution in [0.5, 0.6) is 0 Å². The van der Waals surface area contributed by atoms with Gasteiger partial charge in [0.25, 0.3) is 0 Å². The molecule has 0 aliphatic heterocycles. The van der Waals surface area contributed by atoms with Gasteiger partial charge in [0.1, 0.15) is 0 Å². The second-order valence-corrected chi connectivity index (χ2v) is 26.1. The van der Waals surface area contributed by atoms with Crippen molar-refractivity contribution in [3.05, 3.63) is 0 Å². The van der Waals surface area contributed by atoms with Crippen molar-refractivity contribution in [3.63, 3.8) is 0 Å². The van der Waals surface area contributed by atoms with Crippen molar-refractivity contribution in [2.75, 3.05) is 39.2 Å². The fourth-order valence-corrected chi connectivity index (χ4v) is 19.2. The molecule has 10 unspecified atom stereocenters. The summed E-state index contributed by atoms with van der Waals surface area (Å²) in [7, 11) is 3.82. The summed E-state index contributed by atoms with van der Waals surface area (Å²) in [5.74, 6) is 11.2. The molecule has 8 aliphatic rings. The van der Waals surface area contributed by atoms with E-state index in [1.165, 1.54) is 116 Å². The Morgan fingerprint density at radius 1 is 0.500 bits per heavy atom. The van der Waals surface area contributed by atoms with Crippen LogP contribution in [0.1, 0.15) is 208 Å². The molecule has 0 spiro atoms. The number of halogens is 2. The zero-order valence-electron chi connectivity index (χ0n) is 43.5. The van der Waals surface area contributed by atoms with Gasteiger partial charge in [0.05, 0.1) is 25.4 Å². The number of hydrogen-bond acceptors (Lipinski definition) is 6. The summed E-state index contributed by atoms with van der Waals surface area (Å²) in [4.78, 5) is 24.5. The molecule has 0 amide bonds. The first-order valence-electron chi connectivity index (χ1n) is 28.2. The average molecular weight is 962 g/mol. The van der Waals surface area contributed by atoms with Crippen molar-refractivity contribution in [1.29, 1.82) is 0 Å². The van der Waals surface area contributed by atoms with E-state index in [0.29, 0.717) is 83.5 Å². The van der Waals surface area contributed by atoms with Gasteiger partial charge in [-0.2, -0.15) is 0 Å². The number of fused-ring (bicyclic) bond motifs is 10. The van der Waals surface area contributed by atoms with Crippen LogP contribution >= 0.6 is 23.2 Å². The molecule has 0 bridgehead atoms. The topological polar surface area (TPSA) is 71.1 Å². The number of ether oxygens (including phenoxy) is 4. The maximum absolute atomic E-state index is 12.2. The van der Waals surface area contributed by atoms with Gasteiger partial charge in [-0.15, -0.1) is 23.2 Å². The summed E-state index contributed by atoms with van der Waals surface area (Å²) in [6.07, 6.45) is 32.4. The van der Waals surface area contributed by atoms with E-state index in [2.05, 4.69) is 41.5 Å². The van der Waals surface area contributed by atoms with E-state index in [9.17, 15) is 9.59 Å². The summed E-state index contributed by atoms with van der Waals surface area (Å²) in [6, 6.07) is 0. The molecule has 0 N–H and O–H groups in total. The largest absolute Gasteiger partial charge is 0.466 e. The highest BCUT2D eigenvalue weighted by Gasteiger charge is 2.62. The number of carbonyl (C=O) groups is 2. The molecule has 6 nitrogen and oxygen atoms in total. The molecule has 0 aromatic carbocycles. The Hall–Kier alpha value is -0.560. The van der Waals surface area contributed by atoms with Gasteiger partial charge in [0.15, 0.2) is 0 Å². The van der Waals surface area contributed by atoms with Crippen molar-refractivity contribution in [1.82, 2.24) is 0 Å². The number of rotatable bonds is 18. The molecule has 0 heterocycles. The zero-order valence-corrected chi connectivity index (χ0v) is 45.0. The van der Waals surface area contributed by atoms with Crippen LogP contribution in [0.3, 0.4) is 0 Å². The fraction of sp³-hybridized carbons (Fsp3) is 0.966. The third-order valence-corrected chi connectivity index (χ3v) is 23.1. The van der Waals surface area contributed by atoms with E-state index in [-0.39, 0.29) is 11.9 Å². The Bertz CT molecular complexity index is 1450. The van der Waals surface area contributed by atoms with E-state index in [0.717, 1.165) is 97.7 Å². The normalized spacial score (nSPS) is 43.3. The monoisotopic (exact) mass is 961 g/mol. The first kappa shape index (κ1) is 53.2. The quantitative estimate of drug-likeness (QED) is 0.0774. The maximum Gasteiger partial charge on any atom is 0.305 e. The van der Waals surface area contributed by atoms with Crippen LogP contribution in [0.15, 0.2) is 0 Å². The molecule has 8 heteroatoms. The molecule has 0 saturated heterocycles. The van der Waals surface area contributed by atoms with Crippen LogP contribution in [-0.2, 0) is 28.5 Å². The van der Waals surface area contributed by atoms with Gasteiger partial charge in [-0.1, -0.05) is 41.5 Å². The molecular weight excluding hydrogens is 864 g/mol. The van der Waals surface area contributed by atoms with Crippen LogP contribution in [0.4, 0.5) is 0 Å². The molecule has 0 aromatic rings. The number of unbranched alkanes of at least 4 members (excludes halogenated alkanes) is 2. The third-order valence-electron chi connectivity index (χ3n) is 22.6. The van der Waals surface area contributed by atoms with E-state index in [4.69, 9.17) is 42.1 Å². The molecule has 0 radical (unpaired) electrons. The van der Waals surface area contributed by atoms with Crippen molar-refractivity contribution >= 4 is 35.1 Å². The Morgan fingerprint density at radius 3 is 1.26 bits per heavy atom. The first-order chi connectivity index (χ1) is 31.7. The highest BCUT2D eigenvalue weighted by molar-refractivity contribution is 6.18. The molecule has 18 atom stereocenters. The third kappa shape index (κ3) is 11.1. The van der Waals surface area contributed by atoms with Crippen molar-refractivity contribution < 1.29 is 28.5 Å². The average Bonchev–Trinajstić information content (AvgIpc) is 3.87. The minimum Gasteiger partial charge on any atom is -0.466 e. The van der Waals surface area contributed by atoms with E-state index < -0.39 is 0 Å². The molecule has 8 saturated carbocycles. The van der Waals surface area contributed by atoms with E-state index in [1.54, 1.807) is 0 Å². The predicted molar refractivity (Wildman–Crippen MR) is 271 cm³/mol. The van der Waals surface area contributed by atoms with Gasteiger partial charge < -0.3 is 18.9 Å². The Morgan fingerprint density at radius 2 is 0.879 bits per heavy atom. The molecule has 8 rings (SSSR count). The number of alkyl halides is 2. The Kier molecular flexibility index (Phi) is 18.8. The van der Waals surface area contributed by atoms with Crippen LogP contribution in [0.2, 0.25) is 0 Å². The number of methoxy groups -OCH3 is 2. The molecule has 8 fully saturated rings. The summed E-state index contributed by atoms with van der Waals surface area (Å²) in [5, 5.41) is 0. The van der Waals surface area contributed by atoms with Crippen LogP contribution in [-0.4, -0.2) is 63.3 Å². The van der Waals surface area contributed by atoms with Crippen molar-refractivity contribution in [3.8, 4) is 0 Å². The van der Waals surface area contributed by atoms with E-state index in [1.807, 2.05) is 14.2 Å². The number of hydrogen-bond donors (Lipinski definition) is 0. The Labute approximate surface area is 414 Å². The lowest BCUT2D eigenvalue weighted by atomic mass is 9.44. The van der Waals surface area contributed by atoms with Gasteiger partial charge in [0.2, 0.25) is 0 Å². The van der Waals surface area contributed by atoms with Crippen LogP contribution in [0.25, 0.3) is 0 Å². The van der Waals surface area contributed by atoms with Gasteiger partial charge in [-0.3, -0.25) is 9.59 Å². The smallest absolute Gasteiger partial charge is 0.305 e. The summed E-state index contributed by atoms with van der Waals surface area (Å²) in [6.45, 7) is 16.4. The lowest BCUT2D eigenvalue weighted by Gasteiger charge is -2.61. The number of carbonyl (C=O) groups excluding carboxylic acids is 2. The predicted octanol–water partition coefficient (Wildman–Crippen LogP) is 15.3. The fourth-order valence-electron chi connectivity index (χ4n) is 18.8. The first-order valence-corrected chi connectivity index (χ1v) is 29.2. The molecular formula is C58H98Cl2O6. The molecule has 0 aromatic heterocycles. The van der Waals surface area contributed by atoms with Crippen molar-refractivity contribution in [2.45, 2.75) is 221 Å². The number of esters is 2. The summed E-state index contributed by atoms with van der Waals surface area (Å²) >= 11 is 11.4. The van der Waals surface area contributed by atoms with Gasteiger partial charge in [0, 0.05) is 38.8 Å². The Balaban J connectivity index is 0.000000196. The highest BCUT2D eigenvalue weighted by Crippen LogP contribution is 2.70. The minimum atomic E-state index is -0.0160. The second kappa shape index (κ2) is 23.3. The summed E-state index contributed by atoms with van der Waals surface area (Å²) in [5.41, 5.74) is 2.02. The lowest BCUT2D eigenvalue weighted by Crippen LogP contribution is -2.54. The standard InChI is InChI=1S/2C29H49ClO3/c2*1-20(7-12-27(31)33-18-6-5-17-30)24-10-11-25-23-9-8-21-19-22(32-4)13-15-28(21,2)26(23)14-16-29(24,25)3/h2*20-26H,5-19H2,1-4H3/t2*20-,21?,22-,23?,24?,25?,26?,28+,29-/m11/s1. The van der Waals surface area contributed by atoms with Gasteiger partial charge in [-0.05, 0) is 247 Å². The minimum absolute atomic E-state index is 0.0160. The molecule has 66 heavy (non-hydrogen) atoms. The molecule has 8 aliphatic carbocycles. The SMILES string of the molecule is CO[C@@H]1CC[C@@]2(C)C(CCC3C2CC[C@@]2(C)C3CCC2[C@H](C)CCC(=O)OCCCCCl)C1.CO[C@@H]1CC[C@@]2(C)C(CCC3C2CC[C@@]2(C)C3CCC2[C@H](C)CCC(=O)OCCCCCl)C1. The molecule has 380 valence electrons. The maximum atomic E-state index is 12.2. The van der Waals surface area contributed by atoms with Crippen LogP contribution in [0, 0.1) is 92.7 Å². The summed E-state index contributed by atoms with van der Waals surface area (Å²) < 4.78 is 22.4. The van der Waals surface area contributed by atoms with Crippen LogP contribution < -0.4 is 0 Å². The van der Waals surface area contributed by atoms with Gasteiger partial charge >= 0.3 is 11.9 Å². The highest BCUT2D eigenvalue weighted by atomic mass is 35.5.